The Morgan fingerprint density at radius 3 is 2.40 bits per heavy atom. The van der Waals surface area contributed by atoms with Crippen LogP contribution in [0.25, 0.3) is 0 Å². The molecule has 5 fully saturated rings. The summed E-state index contributed by atoms with van der Waals surface area (Å²) >= 11 is 0. The number of hydrogen-bond acceptors (Lipinski definition) is 7. The van der Waals surface area contributed by atoms with Crippen LogP contribution in [-0.4, -0.2) is 63.2 Å². The minimum Gasteiger partial charge on any atom is -0.458 e. The van der Waals surface area contributed by atoms with E-state index < -0.39 is 40.2 Å². The Bertz CT molecular complexity index is 1020. The molecule has 0 spiro atoms. The molecule has 0 aromatic heterocycles. The third-order valence-electron chi connectivity index (χ3n) is 11.8. The Balaban J connectivity index is 1.34. The monoisotopic (exact) mass is 486 g/mol. The third-order valence-corrected chi connectivity index (χ3v) is 11.8. The van der Waals surface area contributed by atoms with Gasteiger partial charge in [0.15, 0.2) is 5.78 Å². The molecule has 0 radical (unpaired) electrons. The molecule has 2 bridgehead atoms. The fourth-order valence-corrected chi connectivity index (χ4v) is 9.55. The van der Waals surface area contributed by atoms with E-state index >= 15 is 0 Å². The quantitative estimate of drug-likeness (QED) is 0.385. The average molecular weight is 487 g/mol. The molecule has 2 saturated heterocycles. The normalized spacial score (nSPS) is 57.3. The topological polar surface area (TPSA) is 113 Å². The van der Waals surface area contributed by atoms with Crippen molar-refractivity contribution in [3.05, 3.63) is 24.3 Å². The van der Waals surface area contributed by atoms with Crippen LogP contribution in [0, 0.1) is 40.4 Å². The first-order valence-electron chi connectivity index (χ1n) is 13.2. The molecule has 2 aliphatic heterocycles. The summed E-state index contributed by atoms with van der Waals surface area (Å²) in [6.07, 6.45) is 4.66. The van der Waals surface area contributed by atoms with Gasteiger partial charge in [0.25, 0.3) is 0 Å². The van der Waals surface area contributed by atoms with Gasteiger partial charge in [0.05, 0.1) is 29.8 Å². The Morgan fingerprint density at radius 2 is 1.69 bits per heavy atom. The zero-order chi connectivity index (χ0) is 25.1. The van der Waals surface area contributed by atoms with Gasteiger partial charge in [-0.3, -0.25) is 4.79 Å². The second-order valence-corrected chi connectivity index (χ2v) is 12.9. The summed E-state index contributed by atoms with van der Waals surface area (Å²) in [5, 5.41) is 34.5. The van der Waals surface area contributed by atoms with Crippen molar-refractivity contribution in [3.63, 3.8) is 0 Å². The maximum absolute atomic E-state index is 13.2. The number of ether oxygens (including phenoxy) is 2. The number of fused-ring (bicyclic) bond motifs is 7. The first kappa shape index (κ1) is 23.8. The van der Waals surface area contributed by atoms with E-state index in [0.29, 0.717) is 31.4 Å². The van der Waals surface area contributed by atoms with E-state index in [0.717, 1.165) is 12.8 Å². The first-order chi connectivity index (χ1) is 16.4. The molecule has 7 nitrogen and oxygen atoms in total. The summed E-state index contributed by atoms with van der Waals surface area (Å²) in [4.78, 5) is 25.8. The lowest BCUT2D eigenvalue weighted by Gasteiger charge is -2.64. The molecule has 3 N–H and O–H groups in total. The highest BCUT2D eigenvalue weighted by Gasteiger charge is 2.71. The van der Waals surface area contributed by atoms with Crippen LogP contribution in [-0.2, 0) is 19.1 Å². The maximum Gasteiger partial charge on any atom is 0.336 e. The lowest BCUT2D eigenvalue weighted by molar-refractivity contribution is -0.249. The van der Waals surface area contributed by atoms with Crippen molar-refractivity contribution in [1.29, 1.82) is 0 Å². The number of rotatable bonds is 1. The van der Waals surface area contributed by atoms with Crippen LogP contribution in [0.4, 0.5) is 0 Å². The fraction of sp³-hybridized carbons (Fsp3) is 0.786. The largest absolute Gasteiger partial charge is 0.458 e. The van der Waals surface area contributed by atoms with Gasteiger partial charge in [-0.2, -0.15) is 0 Å². The summed E-state index contributed by atoms with van der Waals surface area (Å²) in [5.74, 6) is -0.580. The van der Waals surface area contributed by atoms with Gasteiger partial charge in [0.2, 0.25) is 0 Å². The molecular weight excluding hydrogens is 448 g/mol. The first-order valence-corrected chi connectivity index (χ1v) is 13.2. The second kappa shape index (κ2) is 7.27. The van der Waals surface area contributed by atoms with Gasteiger partial charge in [-0.25, -0.2) is 4.79 Å². The molecule has 12 atom stereocenters. The molecule has 7 heteroatoms. The van der Waals surface area contributed by atoms with Crippen LogP contribution >= 0.6 is 0 Å². The summed E-state index contributed by atoms with van der Waals surface area (Å²) in [5.41, 5.74) is -3.42. The zero-order valence-electron chi connectivity index (χ0n) is 20.9. The van der Waals surface area contributed by atoms with E-state index in [9.17, 15) is 24.9 Å². The number of aliphatic hydroxyl groups is 3. The van der Waals surface area contributed by atoms with Crippen LogP contribution in [0.1, 0.15) is 59.3 Å². The van der Waals surface area contributed by atoms with Gasteiger partial charge in [0, 0.05) is 12.3 Å². The van der Waals surface area contributed by atoms with E-state index in [1.165, 1.54) is 0 Å². The van der Waals surface area contributed by atoms with Crippen LogP contribution < -0.4 is 0 Å². The predicted octanol–water partition coefficient (Wildman–Crippen LogP) is 2.32. The van der Waals surface area contributed by atoms with E-state index in [1.54, 1.807) is 19.1 Å². The predicted molar refractivity (Wildman–Crippen MR) is 126 cm³/mol. The molecule has 2 heterocycles. The van der Waals surface area contributed by atoms with Crippen molar-refractivity contribution >= 4 is 11.8 Å². The number of carbonyl (C=O) groups excluding carboxylic acids is 2. The standard InChI is InChI=1S/C28H38O7/c1-14-24(32)35-20-12-25(14,2)34-13-16(20)18-8-7-17-15-10-23(31)28(33)9-5-6-21(29)27(28,4)19(15)11-22(30)26(17,18)3/h5-6,15-20,22-23,30-31,33H,1,7-13H2,2-4H3/t15-,16-,17-,18+,19-,20+,22+,23+,25+,26-,27-,28-/m0/s1. The van der Waals surface area contributed by atoms with Crippen molar-refractivity contribution in [2.45, 2.75) is 88.8 Å². The van der Waals surface area contributed by atoms with Gasteiger partial charge >= 0.3 is 5.97 Å². The highest BCUT2D eigenvalue weighted by molar-refractivity contribution is 5.97. The Morgan fingerprint density at radius 1 is 1.00 bits per heavy atom. The summed E-state index contributed by atoms with van der Waals surface area (Å²) in [6, 6.07) is 0. The Kier molecular flexibility index (Phi) is 4.95. The molecule has 6 rings (SSSR count). The molecule has 0 unspecified atom stereocenters. The highest BCUT2D eigenvalue weighted by Crippen LogP contribution is 2.68. The molecule has 3 saturated carbocycles. The van der Waals surface area contributed by atoms with Crippen LogP contribution in [0.15, 0.2) is 24.3 Å². The van der Waals surface area contributed by atoms with E-state index in [4.69, 9.17) is 9.47 Å². The fourth-order valence-electron chi connectivity index (χ4n) is 9.55. The van der Waals surface area contributed by atoms with Crippen LogP contribution in [0.3, 0.4) is 0 Å². The number of esters is 1. The molecule has 0 aromatic rings. The second-order valence-electron chi connectivity index (χ2n) is 12.9. The smallest absolute Gasteiger partial charge is 0.336 e. The van der Waals surface area contributed by atoms with Crippen molar-refractivity contribution < 1.29 is 34.4 Å². The Hall–Kier alpha value is -1.54. The maximum atomic E-state index is 13.2. The number of aliphatic hydroxyl groups excluding tert-OH is 2. The van der Waals surface area contributed by atoms with Gasteiger partial charge in [0.1, 0.15) is 17.3 Å². The minimum atomic E-state index is -1.51. The minimum absolute atomic E-state index is 0.0209. The van der Waals surface area contributed by atoms with Gasteiger partial charge < -0.3 is 24.8 Å². The Labute approximate surface area is 206 Å². The van der Waals surface area contributed by atoms with E-state index in [1.807, 2.05) is 6.92 Å². The zero-order valence-corrected chi connectivity index (χ0v) is 20.9. The summed E-state index contributed by atoms with van der Waals surface area (Å²) in [6.45, 7) is 10.2. The van der Waals surface area contributed by atoms with Crippen LogP contribution in [0.5, 0.6) is 0 Å². The number of allylic oxidation sites excluding steroid dienone is 1. The molecule has 0 aromatic carbocycles. The number of ketones is 1. The average Bonchev–Trinajstić information content (AvgIpc) is 3.15. The highest BCUT2D eigenvalue weighted by atomic mass is 16.6. The van der Waals surface area contributed by atoms with Crippen molar-refractivity contribution in [3.8, 4) is 0 Å². The van der Waals surface area contributed by atoms with E-state index in [2.05, 4.69) is 13.5 Å². The molecule has 192 valence electrons. The van der Waals surface area contributed by atoms with Gasteiger partial charge in [-0.15, -0.1) is 0 Å². The molecule has 35 heavy (non-hydrogen) atoms. The number of hydrogen-bond donors (Lipinski definition) is 3. The van der Waals surface area contributed by atoms with Crippen molar-refractivity contribution in [2.75, 3.05) is 6.61 Å². The summed E-state index contributed by atoms with van der Waals surface area (Å²) < 4.78 is 12.1. The molecular formula is C28H38O7. The van der Waals surface area contributed by atoms with Crippen LogP contribution in [0.2, 0.25) is 0 Å². The molecule has 6 aliphatic rings. The third kappa shape index (κ3) is 2.76. The summed E-state index contributed by atoms with van der Waals surface area (Å²) in [7, 11) is 0. The number of carbonyl (C=O) groups is 2. The van der Waals surface area contributed by atoms with Gasteiger partial charge in [-0.05, 0) is 81.1 Å². The lowest BCUT2D eigenvalue weighted by atomic mass is 9.42. The molecule has 4 aliphatic carbocycles. The lowest BCUT2D eigenvalue weighted by Crippen LogP contribution is -2.71. The molecule has 0 amide bonds. The van der Waals surface area contributed by atoms with Gasteiger partial charge in [-0.1, -0.05) is 19.6 Å². The van der Waals surface area contributed by atoms with Crippen molar-refractivity contribution in [2.24, 2.45) is 40.4 Å². The van der Waals surface area contributed by atoms with E-state index in [-0.39, 0.29) is 47.9 Å². The van der Waals surface area contributed by atoms with Crippen molar-refractivity contribution in [1.82, 2.24) is 0 Å². The SMILES string of the molecule is C=C1C(=O)O[C@@H]2C[C@@]1(C)OC[C@H]2[C@H]1CC[C@H]2[C@@H]3C[C@@H](O)[C@@]4(O)CC=CC(=O)[C@]4(C)[C@H]3C[C@@H](O)[C@]12C.